The van der Waals surface area contributed by atoms with Gasteiger partial charge in [0.25, 0.3) is 0 Å². The molecule has 5 heteroatoms. The predicted octanol–water partition coefficient (Wildman–Crippen LogP) is 2.89. The van der Waals surface area contributed by atoms with Crippen LogP contribution in [0.3, 0.4) is 0 Å². The van der Waals surface area contributed by atoms with E-state index in [0.717, 1.165) is 23.1 Å². The molecule has 0 spiro atoms. The fourth-order valence-corrected chi connectivity index (χ4v) is 2.17. The summed E-state index contributed by atoms with van der Waals surface area (Å²) in [7, 11) is 6.01. The molecule has 1 aromatic heterocycles. The molecule has 2 rings (SSSR count). The van der Waals surface area contributed by atoms with Crippen molar-refractivity contribution in [2.45, 2.75) is 26.5 Å². The molecule has 0 saturated heterocycles. The lowest BCUT2D eigenvalue weighted by atomic mass is 10.3. The molecule has 0 fully saturated rings. The van der Waals surface area contributed by atoms with Crippen LogP contribution in [0, 0.1) is 0 Å². The molecule has 1 heterocycles. The van der Waals surface area contributed by atoms with Crippen molar-refractivity contribution in [3.05, 3.63) is 36.2 Å². The third-order valence-corrected chi connectivity index (χ3v) is 3.17. The van der Waals surface area contributed by atoms with Crippen molar-refractivity contribution < 1.29 is 4.74 Å². The molecule has 0 unspecified atom stereocenters. The number of ether oxygens (including phenoxy) is 1. The second-order valence-electron chi connectivity index (χ2n) is 5.52. The van der Waals surface area contributed by atoms with Gasteiger partial charge in [0.15, 0.2) is 0 Å². The van der Waals surface area contributed by atoms with Crippen LogP contribution in [-0.4, -0.2) is 29.8 Å². The number of para-hydroxylation sites is 2. The standard InChI is InChI=1S/C16H24N4O/c1-12(2)21-15-9-7-6-8-14(15)17-10-13-11-18-16(19(3)4)20(13)5/h6-9,11-12,17H,10H2,1-5H3. The predicted molar refractivity (Wildman–Crippen MR) is 87.1 cm³/mol. The van der Waals surface area contributed by atoms with Crippen molar-refractivity contribution in [2.75, 3.05) is 24.3 Å². The van der Waals surface area contributed by atoms with Crippen molar-refractivity contribution in [1.82, 2.24) is 9.55 Å². The van der Waals surface area contributed by atoms with Crippen molar-refractivity contribution in [2.24, 2.45) is 7.05 Å². The third-order valence-electron chi connectivity index (χ3n) is 3.17. The number of anilines is 2. The van der Waals surface area contributed by atoms with Crippen LogP contribution in [0.25, 0.3) is 0 Å². The first kappa shape index (κ1) is 15.2. The zero-order valence-electron chi connectivity index (χ0n) is 13.4. The van der Waals surface area contributed by atoms with E-state index in [1.54, 1.807) is 0 Å². The minimum atomic E-state index is 0.157. The van der Waals surface area contributed by atoms with Gasteiger partial charge in [0.05, 0.1) is 30.2 Å². The monoisotopic (exact) mass is 288 g/mol. The van der Waals surface area contributed by atoms with E-state index < -0.39 is 0 Å². The van der Waals surface area contributed by atoms with Crippen LogP contribution in [0.15, 0.2) is 30.5 Å². The molecule has 0 saturated carbocycles. The molecule has 0 bridgehead atoms. The highest BCUT2D eigenvalue weighted by atomic mass is 16.5. The molecule has 1 aromatic carbocycles. The van der Waals surface area contributed by atoms with Gasteiger partial charge in [-0.15, -0.1) is 0 Å². The fourth-order valence-electron chi connectivity index (χ4n) is 2.17. The first-order chi connectivity index (χ1) is 9.99. The molecule has 5 nitrogen and oxygen atoms in total. The Morgan fingerprint density at radius 1 is 1.29 bits per heavy atom. The lowest BCUT2D eigenvalue weighted by Gasteiger charge is -2.16. The Morgan fingerprint density at radius 3 is 2.62 bits per heavy atom. The third kappa shape index (κ3) is 3.68. The smallest absolute Gasteiger partial charge is 0.204 e. The number of rotatable bonds is 6. The summed E-state index contributed by atoms with van der Waals surface area (Å²) in [5.74, 6) is 1.82. The lowest BCUT2D eigenvalue weighted by molar-refractivity contribution is 0.243. The summed E-state index contributed by atoms with van der Waals surface area (Å²) in [6, 6.07) is 8.00. The SMILES string of the molecule is CC(C)Oc1ccccc1NCc1cnc(N(C)C)n1C. The van der Waals surface area contributed by atoms with Gasteiger partial charge in [0, 0.05) is 21.1 Å². The molecule has 21 heavy (non-hydrogen) atoms. The van der Waals surface area contributed by atoms with Crippen molar-refractivity contribution >= 4 is 11.6 Å². The summed E-state index contributed by atoms with van der Waals surface area (Å²) in [6.07, 6.45) is 2.05. The molecule has 2 aromatic rings. The average Bonchev–Trinajstić information content (AvgIpc) is 2.78. The summed E-state index contributed by atoms with van der Waals surface area (Å²) in [6.45, 7) is 4.76. The zero-order valence-corrected chi connectivity index (χ0v) is 13.4. The Bertz CT molecular complexity index is 590. The maximum absolute atomic E-state index is 5.81. The van der Waals surface area contributed by atoms with Gasteiger partial charge in [-0.25, -0.2) is 4.98 Å². The van der Waals surface area contributed by atoms with E-state index in [-0.39, 0.29) is 6.10 Å². The van der Waals surface area contributed by atoms with Gasteiger partial charge in [-0.3, -0.25) is 0 Å². The highest BCUT2D eigenvalue weighted by Gasteiger charge is 2.09. The van der Waals surface area contributed by atoms with E-state index in [4.69, 9.17) is 4.74 Å². The molecule has 1 N–H and O–H groups in total. The Labute approximate surface area is 126 Å². The Hall–Kier alpha value is -2.17. The summed E-state index contributed by atoms with van der Waals surface area (Å²) in [4.78, 5) is 6.42. The van der Waals surface area contributed by atoms with Crippen LogP contribution >= 0.6 is 0 Å². The van der Waals surface area contributed by atoms with E-state index in [1.807, 2.05) is 70.4 Å². The normalized spacial score (nSPS) is 10.8. The van der Waals surface area contributed by atoms with E-state index in [0.29, 0.717) is 6.54 Å². The van der Waals surface area contributed by atoms with Crippen molar-refractivity contribution in [1.29, 1.82) is 0 Å². The van der Waals surface area contributed by atoms with Crippen molar-refractivity contribution in [3.8, 4) is 5.75 Å². The van der Waals surface area contributed by atoms with Gasteiger partial charge in [-0.05, 0) is 26.0 Å². The number of hydrogen-bond acceptors (Lipinski definition) is 4. The lowest BCUT2D eigenvalue weighted by Crippen LogP contribution is -2.15. The Kier molecular flexibility index (Phi) is 4.73. The first-order valence-electron chi connectivity index (χ1n) is 7.16. The minimum absolute atomic E-state index is 0.157. The number of nitrogens with one attached hydrogen (secondary N) is 1. The average molecular weight is 288 g/mol. The Morgan fingerprint density at radius 2 is 2.00 bits per heavy atom. The van der Waals surface area contributed by atoms with Gasteiger partial charge in [0.2, 0.25) is 5.95 Å². The summed E-state index contributed by atoms with van der Waals surface area (Å²) in [5, 5.41) is 3.42. The highest BCUT2D eigenvalue weighted by molar-refractivity contribution is 5.56. The van der Waals surface area contributed by atoms with Gasteiger partial charge in [-0.2, -0.15) is 0 Å². The van der Waals surface area contributed by atoms with Crippen LogP contribution in [-0.2, 0) is 13.6 Å². The molecular formula is C16H24N4O. The molecule has 114 valence electrons. The molecule has 0 atom stereocenters. The topological polar surface area (TPSA) is 42.3 Å². The van der Waals surface area contributed by atoms with E-state index in [2.05, 4.69) is 14.9 Å². The van der Waals surface area contributed by atoms with Gasteiger partial charge in [0.1, 0.15) is 5.75 Å². The fraction of sp³-hybridized carbons (Fsp3) is 0.438. The number of benzene rings is 1. The number of imidazole rings is 1. The molecule has 0 aliphatic heterocycles. The van der Waals surface area contributed by atoms with Crippen molar-refractivity contribution in [3.63, 3.8) is 0 Å². The van der Waals surface area contributed by atoms with E-state index in [1.165, 1.54) is 0 Å². The number of hydrogen-bond donors (Lipinski definition) is 1. The summed E-state index contributed by atoms with van der Waals surface area (Å²) in [5.41, 5.74) is 2.12. The molecule has 0 radical (unpaired) electrons. The molecule has 0 aliphatic carbocycles. The number of nitrogens with zero attached hydrogens (tertiary/aromatic N) is 3. The largest absolute Gasteiger partial charge is 0.489 e. The van der Waals surface area contributed by atoms with Crippen LogP contribution in [0.2, 0.25) is 0 Å². The molecule has 0 aliphatic rings. The van der Waals surface area contributed by atoms with E-state index in [9.17, 15) is 0 Å². The molecule has 0 amide bonds. The van der Waals surface area contributed by atoms with E-state index >= 15 is 0 Å². The second-order valence-corrected chi connectivity index (χ2v) is 5.52. The first-order valence-corrected chi connectivity index (χ1v) is 7.16. The van der Waals surface area contributed by atoms with Gasteiger partial charge in [-0.1, -0.05) is 12.1 Å². The van der Waals surface area contributed by atoms with Gasteiger partial charge < -0.3 is 19.5 Å². The Balaban J connectivity index is 2.10. The zero-order chi connectivity index (χ0) is 15.4. The quantitative estimate of drug-likeness (QED) is 0.887. The van der Waals surface area contributed by atoms with Crippen LogP contribution in [0.1, 0.15) is 19.5 Å². The van der Waals surface area contributed by atoms with Crippen LogP contribution < -0.4 is 15.0 Å². The van der Waals surface area contributed by atoms with Crippen LogP contribution in [0.4, 0.5) is 11.6 Å². The number of aromatic nitrogens is 2. The second kappa shape index (κ2) is 6.52. The minimum Gasteiger partial charge on any atom is -0.489 e. The summed E-state index contributed by atoms with van der Waals surface area (Å²) >= 11 is 0. The molecular weight excluding hydrogens is 264 g/mol. The summed E-state index contributed by atoms with van der Waals surface area (Å²) < 4.78 is 7.90. The maximum atomic E-state index is 5.81. The van der Waals surface area contributed by atoms with Gasteiger partial charge >= 0.3 is 0 Å². The highest BCUT2D eigenvalue weighted by Crippen LogP contribution is 2.25. The van der Waals surface area contributed by atoms with Crippen LogP contribution in [0.5, 0.6) is 5.75 Å². The maximum Gasteiger partial charge on any atom is 0.204 e.